The Bertz CT molecular complexity index is 275. The van der Waals surface area contributed by atoms with E-state index in [4.69, 9.17) is 9.84 Å². The minimum absolute atomic E-state index is 0.0183. The Morgan fingerprint density at radius 1 is 1.67 bits per heavy atom. The summed E-state index contributed by atoms with van der Waals surface area (Å²) in [6, 6.07) is -0.0183. The minimum Gasteiger partial charge on any atom is -0.395 e. The van der Waals surface area contributed by atoms with E-state index in [0.29, 0.717) is 13.2 Å². The summed E-state index contributed by atoms with van der Waals surface area (Å²) >= 11 is 0. The molecule has 0 saturated heterocycles. The zero-order chi connectivity index (χ0) is 11.1. The highest BCUT2D eigenvalue weighted by Crippen LogP contribution is 1.99. The second-order valence-electron chi connectivity index (χ2n) is 3.39. The van der Waals surface area contributed by atoms with Gasteiger partial charge in [-0.2, -0.15) is 0 Å². The predicted octanol–water partition coefficient (Wildman–Crippen LogP) is -0.000100. The number of aliphatic hydroxyl groups excluding tert-OH is 1. The van der Waals surface area contributed by atoms with Crippen LogP contribution in [0.2, 0.25) is 0 Å². The summed E-state index contributed by atoms with van der Waals surface area (Å²) < 4.78 is 7.04. The smallest absolute Gasteiger partial charge is 0.0948 e. The van der Waals surface area contributed by atoms with Gasteiger partial charge in [0.05, 0.1) is 31.3 Å². The first-order valence-corrected chi connectivity index (χ1v) is 5.14. The van der Waals surface area contributed by atoms with Crippen LogP contribution in [0.1, 0.15) is 12.6 Å². The maximum Gasteiger partial charge on any atom is 0.0948 e. The van der Waals surface area contributed by atoms with Crippen molar-refractivity contribution in [1.82, 2.24) is 14.9 Å². The van der Waals surface area contributed by atoms with Crippen LogP contribution in [0, 0.1) is 0 Å². The number of aryl methyl sites for hydroxylation is 1. The van der Waals surface area contributed by atoms with E-state index in [1.165, 1.54) is 0 Å². The van der Waals surface area contributed by atoms with Gasteiger partial charge in [0, 0.05) is 26.4 Å². The molecule has 15 heavy (non-hydrogen) atoms. The number of hydrogen-bond acceptors (Lipinski definition) is 4. The molecule has 0 aromatic carbocycles. The molecule has 2 N–H and O–H groups in total. The van der Waals surface area contributed by atoms with E-state index in [-0.39, 0.29) is 12.6 Å². The van der Waals surface area contributed by atoms with Gasteiger partial charge in [-0.25, -0.2) is 4.98 Å². The lowest BCUT2D eigenvalue weighted by atomic mass is 10.3. The van der Waals surface area contributed by atoms with Crippen molar-refractivity contribution in [3.8, 4) is 0 Å². The Labute approximate surface area is 90.1 Å². The van der Waals surface area contributed by atoms with Crippen molar-refractivity contribution in [3.05, 3.63) is 18.2 Å². The molecule has 0 fully saturated rings. The van der Waals surface area contributed by atoms with E-state index in [2.05, 4.69) is 21.8 Å². The van der Waals surface area contributed by atoms with Crippen LogP contribution >= 0.6 is 0 Å². The first-order chi connectivity index (χ1) is 7.31. The molecule has 5 heteroatoms. The van der Waals surface area contributed by atoms with Crippen LogP contribution in [-0.4, -0.2) is 41.0 Å². The molecule has 5 nitrogen and oxygen atoms in total. The van der Waals surface area contributed by atoms with Crippen molar-refractivity contribution < 1.29 is 9.84 Å². The second-order valence-corrected chi connectivity index (χ2v) is 3.39. The third-order valence-electron chi connectivity index (χ3n) is 2.30. The highest BCUT2D eigenvalue weighted by atomic mass is 16.5. The molecular formula is C10H19N3O2. The molecule has 1 unspecified atom stereocenters. The van der Waals surface area contributed by atoms with Crippen LogP contribution in [0.15, 0.2) is 12.5 Å². The Kier molecular flexibility index (Phi) is 5.31. The van der Waals surface area contributed by atoms with Crippen molar-refractivity contribution in [1.29, 1.82) is 0 Å². The number of imidazole rings is 1. The molecule has 1 atom stereocenters. The monoisotopic (exact) mass is 213 g/mol. The number of ether oxygens (including phenoxy) is 1. The molecule has 1 rings (SSSR count). The quantitative estimate of drug-likeness (QED) is 0.669. The summed E-state index contributed by atoms with van der Waals surface area (Å²) in [5.74, 6) is 0. The van der Waals surface area contributed by atoms with Crippen LogP contribution in [0.4, 0.5) is 0 Å². The van der Waals surface area contributed by atoms with Gasteiger partial charge in [0.15, 0.2) is 0 Å². The molecule has 1 aromatic heterocycles. The van der Waals surface area contributed by atoms with Crippen molar-refractivity contribution >= 4 is 0 Å². The standard InChI is InChI=1S/C10H19N3O2/c1-3-13-8-11-4-10(13)5-12-9(6-14)7-15-2/h4,8-9,12,14H,3,5-7H2,1-2H3. The minimum atomic E-state index is -0.0183. The van der Waals surface area contributed by atoms with Gasteiger partial charge in [-0.15, -0.1) is 0 Å². The van der Waals surface area contributed by atoms with Crippen molar-refractivity contribution in [2.45, 2.75) is 26.1 Å². The number of nitrogens with zero attached hydrogens (tertiary/aromatic N) is 2. The highest BCUT2D eigenvalue weighted by Gasteiger charge is 2.07. The number of hydrogen-bond donors (Lipinski definition) is 2. The first kappa shape index (κ1) is 12.2. The van der Waals surface area contributed by atoms with E-state index >= 15 is 0 Å². The molecule has 0 saturated carbocycles. The first-order valence-electron chi connectivity index (χ1n) is 5.14. The fourth-order valence-corrected chi connectivity index (χ4v) is 1.41. The van der Waals surface area contributed by atoms with Crippen LogP contribution in [0.25, 0.3) is 0 Å². The third-order valence-corrected chi connectivity index (χ3v) is 2.30. The Balaban J connectivity index is 2.41. The van der Waals surface area contributed by atoms with E-state index in [9.17, 15) is 0 Å². The third kappa shape index (κ3) is 3.62. The number of nitrogens with one attached hydrogen (secondary N) is 1. The molecule has 0 aliphatic heterocycles. The van der Waals surface area contributed by atoms with Crippen LogP contribution in [-0.2, 0) is 17.8 Å². The number of methoxy groups -OCH3 is 1. The topological polar surface area (TPSA) is 59.3 Å². The normalized spacial score (nSPS) is 13.0. The van der Waals surface area contributed by atoms with E-state index < -0.39 is 0 Å². The average Bonchev–Trinajstić information content (AvgIpc) is 2.71. The van der Waals surface area contributed by atoms with Gasteiger partial charge in [0.1, 0.15) is 0 Å². The zero-order valence-corrected chi connectivity index (χ0v) is 9.31. The summed E-state index contributed by atoms with van der Waals surface area (Å²) in [6.45, 7) is 4.27. The number of aromatic nitrogens is 2. The van der Waals surface area contributed by atoms with Gasteiger partial charge in [-0.05, 0) is 6.92 Å². The SMILES string of the molecule is CCn1cncc1CNC(CO)COC. The molecule has 0 aliphatic carbocycles. The van der Waals surface area contributed by atoms with Gasteiger partial charge in [0.25, 0.3) is 0 Å². The fourth-order valence-electron chi connectivity index (χ4n) is 1.41. The predicted molar refractivity (Wildman–Crippen MR) is 57.5 cm³/mol. The van der Waals surface area contributed by atoms with E-state index in [1.54, 1.807) is 13.4 Å². The lowest BCUT2D eigenvalue weighted by Crippen LogP contribution is -2.36. The summed E-state index contributed by atoms with van der Waals surface area (Å²) in [7, 11) is 1.63. The Morgan fingerprint density at radius 3 is 3.07 bits per heavy atom. The highest BCUT2D eigenvalue weighted by molar-refractivity contribution is 4.98. The second kappa shape index (κ2) is 6.55. The summed E-state index contributed by atoms with van der Waals surface area (Å²) in [5, 5.41) is 12.3. The molecule has 0 amide bonds. The van der Waals surface area contributed by atoms with E-state index in [1.807, 2.05) is 6.20 Å². The maximum absolute atomic E-state index is 9.05. The molecule has 0 aliphatic rings. The fraction of sp³-hybridized carbons (Fsp3) is 0.700. The van der Waals surface area contributed by atoms with Crippen molar-refractivity contribution in [2.24, 2.45) is 0 Å². The lowest BCUT2D eigenvalue weighted by molar-refractivity contribution is 0.127. The van der Waals surface area contributed by atoms with Gasteiger partial charge in [-0.3, -0.25) is 0 Å². The molecule has 0 radical (unpaired) electrons. The molecule has 0 spiro atoms. The Hall–Kier alpha value is -0.910. The van der Waals surface area contributed by atoms with Gasteiger partial charge in [-0.1, -0.05) is 0 Å². The van der Waals surface area contributed by atoms with Gasteiger partial charge < -0.3 is 19.7 Å². The van der Waals surface area contributed by atoms with Crippen LogP contribution in [0.3, 0.4) is 0 Å². The summed E-state index contributed by atoms with van der Waals surface area (Å²) in [5.41, 5.74) is 1.12. The number of rotatable bonds is 7. The average molecular weight is 213 g/mol. The van der Waals surface area contributed by atoms with Crippen molar-refractivity contribution in [2.75, 3.05) is 20.3 Å². The van der Waals surface area contributed by atoms with E-state index in [0.717, 1.165) is 12.2 Å². The molecule has 1 heterocycles. The number of aliphatic hydroxyl groups is 1. The van der Waals surface area contributed by atoms with Crippen molar-refractivity contribution in [3.63, 3.8) is 0 Å². The van der Waals surface area contributed by atoms with Crippen LogP contribution in [0.5, 0.6) is 0 Å². The molecule has 0 bridgehead atoms. The maximum atomic E-state index is 9.05. The lowest BCUT2D eigenvalue weighted by Gasteiger charge is -2.15. The van der Waals surface area contributed by atoms with Gasteiger partial charge >= 0.3 is 0 Å². The van der Waals surface area contributed by atoms with Gasteiger partial charge in [0.2, 0.25) is 0 Å². The summed E-state index contributed by atoms with van der Waals surface area (Å²) in [6.07, 6.45) is 3.64. The Morgan fingerprint density at radius 2 is 2.47 bits per heavy atom. The largest absolute Gasteiger partial charge is 0.395 e. The molecule has 1 aromatic rings. The van der Waals surface area contributed by atoms with Crippen LogP contribution < -0.4 is 5.32 Å². The summed E-state index contributed by atoms with van der Waals surface area (Å²) in [4.78, 5) is 4.07. The molecular weight excluding hydrogens is 194 g/mol. The molecule has 86 valence electrons. The zero-order valence-electron chi connectivity index (χ0n) is 9.31.